The molecule has 0 saturated carbocycles. The Labute approximate surface area is 255 Å². The third-order valence-electron chi connectivity index (χ3n) is 6.50. The summed E-state index contributed by atoms with van der Waals surface area (Å²) in [4.78, 5) is 37.1. The van der Waals surface area contributed by atoms with Crippen molar-refractivity contribution in [2.45, 2.75) is 19.5 Å². The van der Waals surface area contributed by atoms with E-state index in [4.69, 9.17) is 9.47 Å². The number of aromatic nitrogens is 2. The van der Waals surface area contributed by atoms with Crippen molar-refractivity contribution in [2.75, 3.05) is 63.1 Å². The lowest BCUT2D eigenvalue weighted by molar-refractivity contribution is -0.144. The predicted molar refractivity (Wildman–Crippen MR) is 160 cm³/mol. The van der Waals surface area contributed by atoms with Crippen LogP contribution in [0.2, 0.25) is 0 Å². The number of rotatable bonds is 12. The molecule has 1 saturated heterocycles. The molecule has 2 aromatic carbocycles. The number of piperazine rings is 1. The molecule has 0 unspecified atom stereocenters. The smallest absolute Gasteiger partial charge is 0.409 e. The van der Waals surface area contributed by atoms with Gasteiger partial charge in [0.25, 0.3) is 0 Å². The normalized spacial score (nSPS) is 14.6. The van der Waals surface area contributed by atoms with Gasteiger partial charge in [-0.3, -0.25) is 14.5 Å². The van der Waals surface area contributed by atoms with Crippen molar-refractivity contribution < 1.29 is 32.2 Å². The van der Waals surface area contributed by atoms with Crippen molar-refractivity contribution in [2.24, 2.45) is 0 Å². The Bertz CT molecular complexity index is 1450. The highest BCUT2D eigenvalue weighted by Gasteiger charge is 2.23. The van der Waals surface area contributed by atoms with Crippen molar-refractivity contribution in [1.82, 2.24) is 19.8 Å². The van der Waals surface area contributed by atoms with Gasteiger partial charge in [-0.2, -0.15) is 13.2 Å². The molecule has 0 atom stereocenters. The number of carbonyl (C=O) groups is 2. The number of amides is 1. The maximum atomic E-state index is 12.7. The summed E-state index contributed by atoms with van der Waals surface area (Å²) in [5, 5.41) is 6.24. The average Bonchev–Trinajstić information content (AvgIpc) is 2.95. The number of fused-ring (bicyclic) bond motifs is 1. The van der Waals surface area contributed by atoms with E-state index < -0.39 is 12.1 Å². The zero-order valence-electron chi connectivity index (χ0n) is 23.5. The van der Waals surface area contributed by atoms with Crippen molar-refractivity contribution in [3.63, 3.8) is 0 Å². The number of hydrogen-bond acceptors (Lipinski definition) is 9. The number of allylic oxidation sites excluding steroid dienone is 1. The molecule has 1 aliphatic heterocycles. The van der Waals surface area contributed by atoms with Gasteiger partial charge in [-0.1, -0.05) is 22.0 Å². The summed E-state index contributed by atoms with van der Waals surface area (Å²) in [6, 6.07) is 10.6. The Morgan fingerprint density at radius 3 is 2.58 bits per heavy atom. The van der Waals surface area contributed by atoms with Gasteiger partial charge in [0.1, 0.15) is 17.9 Å². The van der Waals surface area contributed by atoms with Crippen molar-refractivity contribution in [1.29, 1.82) is 0 Å². The number of ether oxygens (including phenoxy) is 2. The molecule has 0 aliphatic carbocycles. The van der Waals surface area contributed by atoms with Crippen LogP contribution >= 0.6 is 15.9 Å². The second-order valence-corrected chi connectivity index (χ2v) is 10.6. The van der Waals surface area contributed by atoms with Crippen molar-refractivity contribution in [3.05, 3.63) is 59.4 Å². The van der Waals surface area contributed by atoms with Crippen LogP contribution in [-0.2, 0) is 14.3 Å². The average molecular weight is 666 g/mol. The predicted octanol–water partition coefficient (Wildman–Crippen LogP) is 5.14. The number of anilines is 3. The summed E-state index contributed by atoms with van der Waals surface area (Å²) in [5.41, 5.74) is 1.45. The van der Waals surface area contributed by atoms with Crippen molar-refractivity contribution >= 4 is 55.9 Å². The zero-order chi connectivity index (χ0) is 30.8. The highest BCUT2D eigenvalue weighted by molar-refractivity contribution is 9.10. The van der Waals surface area contributed by atoms with Crippen LogP contribution in [0.4, 0.5) is 30.4 Å². The van der Waals surface area contributed by atoms with Crippen LogP contribution in [0.1, 0.15) is 13.3 Å². The Morgan fingerprint density at radius 2 is 1.86 bits per heavy atom. The van der Waals surface area contributed by atoms with Gasteiger partial charge in [0.15, 0.2) is 0 Å². The lowest BCUT2D eigenvalue weighted by Gasteiger charge is -2.34. The molecule has 4 rings (SSSR count). The SMILES string of the molecule is CCOC(=O)CN1CCN(CCCOc2cc3ncnc(Nc4cccc(Br)c4)c3cc2NC(=O)/C=C/C(F)(F)F)CC1. The molecule has 0 radical (unpaired) electrons. The van der Waals surface area contributed by atoms with Crippen LogP contribution in [-0.4, -0.2) is 90.3 Å². The lowest BCUT2D eigenvalue weighted by atomic mass is 10.1. The molecule has 1 fully saturated rings. The van der Waals surface area contributed by atoms with E-state index in [1.54, 1.807) is 19.1 Å². The van der Waals surface area contributed by atoms with E-state index in [1.807, 2.05) is 24.3 Å². The number of nitrogens with one attached hydrogen (secondary N) is 2. The van der Waals surface area contributed by atoms with Gasteiger partial charge in [-0.25, -0.2) is 9.97 Å². The molecule has 3 aromatic rings. The summed E-state index contributed by atoms with van der Waals surface area (Å²) in [6.07, 6.45) is -2.27. The van der Waals surface area contributed by atoms with E-state index in [9.17, 15) is 22.8 Å². The van der Waals surface area contributed by atoms with E-state index in [0.717, 1.165) is 42.9 Å². The van der Waals surface area contributed by atoms with Crippen LogP contribution < -0.4 is 15.4 Å². The van der Waals surface area contributed by atoms with E-state index >= 15 is 0 Å². The van der Waals surface area contributed by atoms with Gasteiger partial charge in [0.2, 0.25) is 5.91 Å². The number of carbonyl (C=O) groups excluding carboxylic acids is 2. The van der Waals surface area contributed by atoms with Crippen LogP contribution in [0.25, 0.3) is 10.9 Å². The minimum atomic E-state index is -4.63. The molecular formula is C29H32BrF3N6O4. The highest BCUT2D eigenvalue weighted by Crippen LogP contribution is 2.34. The summed E-state index contributed by atoms with van der Waals surface area (Å²) in [6.45, 7) is 6.57. The fourth-order valence-electron chi connectivity index (χ4n) is 4.48. The Morgan fingerprint density at radius 1 is 1.09 bits per heavy atom. The molecule has 14 heteroatoms. The van der Waals surface area contributed by atoms with Crippen LogP contribution in [0.15, 0.2) is 59.4 Å². The number of esters is 1. The van der Waals surface area contributed by atoms with E-state index in [-0.39, 0.29) is 30.0 Å². The summed E-state index contributed by atoms with van der Waals surface area (Å²) in [5.74, 6) is -0.468. The highest BCUT2D eigenvalue weighted by atomic mass is 79.9. The Kier molecular flexibility index (Phi) is 11.3. The van der Waals surface area contributed by atoms with Crippen LogP contribution in [0.5, 0.6) is 5.75 Å². The first-order chi connectivity index (χ1) is 20.6. The fraction of sp³-hybridized carbons (Fsp3) is 0.379. The topological polar surface area (TPSA) is 109 Å². The first-order valence-electron chi connectivity index (χ1n) is 13.7. The number of halogens is 4. The third kappa shape index (κ3) is 10.2. The summed E-state index contributed by atoms with van der Waals surface area (Å²) in [7, 11) is 0. The standard InChI is InChI=1S/C29H32BrF3N6O4/c1-2-42-27(41)18-39-12-10-38(11-13-39)9-4-14-43-25-17-23-22(16-24(25)37-26(40)7-8-29(31,32)33)28(35-19-34-23)36-21-6-3-5-20(30)15-21/h3,5-8,15-17,19H,2,4,9-14,18H2,1H3,(H,37,40)(H,34,35,36)/b8-7+. The zero-order valence-corrected chi connectivity index (χ0v) is 25.1. The van der Waals surface area contributed by atoms with Gasteiger partial charge in [0.05, 0.1) is 31.0 Å². The third-order valence-corrected chi connectivity index (χ3v) is 7.00. The second kappa shape index (κ2) is 15.1. The first-order valence-corrected chi connectivity index (χ1v) is 14.5. The first kappa shape index (κ1) is 32.2. The van der Waals surface area contributed by atoms with E-state index in [0.29, 0.717) is 42.4 Å². The number of alkyl halides is 3. The van der Waals surface area contributed by atoms with Gasteiger partial charge >= 0.3 is 12.1 Å². The van der Waals surface area contributed by atoms with Crippen LogP contribution in [0, 0.1) is 0 Å². The molecule has 10 nitrogen and oxygen atoms in total. The van der Waals surface area contributed by atoms with Gasteiger partial charge in [-0.05, 0) is 37.6 Å². The molecule has 2 heterocycles. The quantitative estimate of drug-likeness (QED) is 0.155. The maximum Gasteiger partial charge on any atom is 0.409 e. The largest absolute Gasteiger partial charge is 0.491 e. The van der Waals surface area contributed by atoms with Gasteiger partial charge < -0.3 is 25.0 Å². The molecule has 1 amide bonds. The van der Waals surface area contributed by atoms with E-state index in [2.05, 4.69) is 46.3 Å². The van der Waals surface area contributed by atoms with E-state index in [1.165, 1.54) is 6.33 Å². The molecule has 1 aromatic heterocycles. The molecule has 43 heavy (non-hydrogen) atoms. The Hall–Kier alpha value is -3.75. The number of hydrogen-bond donors (Lipinski definition) is 2. The Balaban J connectivity index is 1.44. The van der Waals surface area contributed by atoms with Gasteiger partial charge in [0, 0.05) is 66.5 Å². The summed E-state index contributed by atoms with van der Waals surface area (Å²) < 4.78 is 49.8. The molecule has 2 N–H and O–H groups in total. The molecular weight excluding hydrogens is 633 g/mol. The summed E-state index contributed by atoms with van der Waals surface area (Å²) >= 11 is 3.43. The number of benzene rings is 2. The van der Waals surface area contributed by atoms with Crippen molar-refractivity contribution in [3.8, 4) is 5.75 Å². The second-order valence-electron chi connectivity index (χ2n) is 9.71. The maximum absolute atomic E-state index is 12.7. The van der Waals surface area contributed by atoms with Crippen LogP contribution in [0.3, 0.4) is 0 Å². The molecule has 1 aliphatic rings. The molecule has 0 spiro atoms. The number of nitrogens with zero attached hydrogens (tertiary/aromatic N) is 4. The molecule has 230 valence electrons. The lowest BCUT2D eigenvalue weighted by Crippen LogP contribution is -2.48. The monoisotopic (exact) mass is 664 g/mol. The van der Waals surface area contributed by atoms with Gasteiger partial charge in [-0.15, -0.1) is 0 Å². The minimum absolute atomic E-state index is 0.125. The minimum Gasteiger partial charge on any atom is -0.491 e. The molecule has 0 bridgehead atoms. The fourth-order valence-corrected chi connectivity index (χ4v) is 4.88.